The van der Waals surface area contributed by atoms with Crippen LogP contribution in [0.5, 0.6) is 0 Å². The summed E-state index contributed by atoms with van der Waals surface area (Å²) in [4.78, 5) is 25.9. The van der Waals surface area contributed by atoms with E-state index in [1.807, 2.05) is 0 Å². The molecule has 0 spiro atoms. The first kappa shape index (κ1) is 15.9. The third-order valence-corrected chi connectivity index (χ3v) is 5.61. The maximum Gasteiger partial charge on any atom is 0.352 e. The molecule has 3 rings (SSSR count). The molecule has 120 valence electrons. The second-order valence-corrected chi connectivity index (χ2v) is 6.84. The standard InChI is InChI=1S/C12H12N6O3S2/c1-2-3-17-15-12(14-16-17)23-5-6-4-22-10-7(13)9(19)18(10)8(6)11(20)21/h1,7,10H,3-5,13H2,(H,20,21)/t7?,10-/m1/s1. The molecule has 23 heavy (non-hydrogen) atoms. The Labute approximate surface area is 139 Å². The zero-order chi connectivity index (χ0) is 16.6. The number of carbonyl (C=O) groups excluding carboxylic acids is 1. The molecule has 2 aliphatic rings. The number of nitrogens with zero attached hydrogens (tertiary/aromatic N) is 5. The van der Waals surface area contributed by atoms with Gasteiger partial charge in [0.25, 0.3) is 0 Å². The van der Waals surface area contributed by atoms with Gasteiger partial charge in [-0.3, -0.25) is 9.69 Å². The van der Waals surface area contributed by atoms with Gasteiger partial charge in [0.05, 0.1) is 0 Å². The van der Waals surface area contributed by atoms with Crippen molar-refractivity contribution in [1.82, 2.24) is 25.1 Å². The normalized spacial score (nSPS) is 23.3. The number of carboxylic acids is 1. The quantitative estimate of drug-likeness (QED) is 0.389. The van der Waals surface area contributed by atoms with E-state index >= 15 is 0 Å². The Balaban J connectivity index is 1.75. The summed E-state index contributed by atoms with van der Waals surface area (Å²) in [5.41, 5.74) is 6.35. The van der Waals surface area contributed by atoms with Gasteiger partial charge in [-0.25, -0.2) is 4.79 Å². The molecule has 9 nitrogen and oxygen atoms in total. The molecule has 2 atom stereocenters. The summed E-state index contributed by atoms with van der Waals surface area (Å²) >= 11 is 2.71. The smallest absolute Gasteiger partial charge is 0.352 e. The summed E-state index contributed by atoms with van der Waals surface area (Å²) in [6.07, 6.45) is 5.16. The van der Waals surface area contributed by atoms with Gasteiger partial charge in [-0.2, -0.15) is 4.80 Å². The van der Waals surface area contributed by atoms with Crippen molar-refractivity contribution in [3.8, 4) is 12.3 Å². The Hall–Kier alpha value is -2.03. The number of aromatic nitrogens is 4. The van der Waals surface area contributed by atoms with Crippen molar-refractivity contribution in [2.45, 2.75) is 23.1 Å². The number of carbonyl (C=O) groups is 2. The topological polar surface area (TPSA) is 127 Å². The molecule has 11 heteroatoms. The van der Waals surface area contributed by atoms with E-state index in [0.29, 0.717) is 22.2 Å². The molecular weight excluding hydrogens is 340 g/mol. The minimum absolute atomic E-state index is 0.0176. The van der Waals surface area contributed by atoms with Gasteiger partial charge in [0.2, 0.25) is 11.1 Å². The zero-order valence-corrected chi connectivity index (χ0v) is 13.4. The van der Waals surface area contributed by atoms with Crippen LogP contribution in [-0.4, -0.2) is 65.0 Å². The van der Waals surface area contributed by atoms with Crippen molar-refractivity contribution in [3.05, 3.63) is 11.3 Å². The Morgan fingerprint density at radius 2 is 2.39 bits per heavy atom. The third kappa shape index (κ3) is 2.80. The Bertz CT molecular complexity index is 739. The van der Waals surface area contributed by atoms with Crippen LogP contribution in [0.1, 0.15) is 0 Å². The van der Waals surface area contributed by atoms with Gasteiger partial charge in [0.1, 0.15) is 23.7 Å². The van der Waals surface area contributed by atoms with Crippen LogP contribution in [0.4, 0.5) is 0 Å². The van der Waals surface area contributed by atoms with E-state index in [4.69, 9.17) is 12.2 Å². The molecule has 1 amide bonds. The Morgan fingerprint density at radius 3 is 3.09 bits per heavy atom. The number of nitrogens with two attached hydrogens (primary N) is 1. The fourth-order valence-corrected chi connectivity index (χ4v) is 4.49. The number of amides is 1. The number of carboxylic acid groups (broad SMARTS) is 1. The number of tetrazole rings is 1. The van der Waals surface area contributed by atoms with Crippen molar-refractivity contribution in [3.63, 3.8) is 0 Å². The lowest BCUT2D eigenvalue weighted by Crippen LogP contribution is -2.68. The van der Waals surface area contributed by atoms with Gasteiger partial charge in [-0.1, -0.05) is 17.7 Å². The first-order valence-corrected chi connectivity index (χ1v) is 8.56. The number of aliphatic carboxylic acids is 1. The molecule has 2 aliphatic heterocycles. The summed E-state index contributed by atoms with van der Waals surface area (Å²) in [6, 6.07) is -0.631. The average Bonchev–Trinajstić information content (AvgIpc) is 2.99. The van der Waals surface area contributed by atoms with Gasteiger partial charge in [-0.15, -0.1) is 28.4 Å². The molecule has 1 aromatic heterocycles. The Morgan fingerprint density at radius 1 is 1.61 bits per heavy atom. The molecule has 0 saturated carbocycles. The minimum atomic E-state index is -1.13. The molecule has 0 bridgehead atoms. The van der Waals surface area contributed by atoms with Gasteiger partial charge in [0, 0.05) is 11.5 Å². The summed E-state index contributed by atoms with van der Waals surface area (Å²) in [5.74, 6) is 1.75. The maximum atomic E-state index is 11.8. The van der Waals surface area contributed by atoms with Crippen LogP contribution in [0.25, 0.3) is 0 Å². The number of fused-ring (bicyclic) bond motifs is 1. The summed E-state index contributed by atoms with van der Waals surface area (Å²) in [6.45, 7) is 0.217. The van der Waals surface area contributed by atoms with E-state index in [2.05, 4.69) is 21.3 Å². The van der Waals surface area contributed by atoms with Crippen LogP contribution in [0.3, 0.4) is 0 Å². The highest BCUT2D eigenvalue weighted by Crippen LogP contribution is 2.40. The number of thioether (sulfide) groups is 2. The lowest BCUT2D eigenvalue weighted by Gasteiger charge is -2.48. The number of rotatable bonds is 5. The highest BCUT2D eigenvalue weighted by atomic mass is 32.2. The van der Waals surface area contributed by atoms with Crippen molar-refractivity contribution in [2.24, 2.45) is 5.73 Å². The highest BCUT2D eigenvalue weighted by molar-refractivity contribution is 8.01. The first-order chi connectivity index (χ1) is 11.0. The number of hydrogen-bond donors (Lipinski definition) is 2. The largest absolute Gasteiger partial charge is 0.477 e. The molecule has 3 heterocycles. The third-order valence-electron chi connectivity index (χ3n) is 3.33. The van der Waals surface area contributed by atoms with E-state index in [9.17, 15) is 14.7 Å². The average molecular weight is 352 g/mol. The molecule has 0 radical (unpaired) electrons. The van der Waals surface area contributed by atoms with Gasteiger partial charge >= 0.3 is 5.97 Å². The number of hydrogen-bond acceptors (Lipinski definition) is 8. The molecule has 0 aromatic carbocycles. The lowest BCUT2D eigenvalue weighted by atomic mass is 10.0. The highest BCUT2D eigenvalue weighted by Gasteiger charge is 2.51. The van der Waals surface area contributed by atoms with E-state index in [1.165, 1.54) is 33.2 Å². The van der Waals surface area contributed by atoms with Crippen LogP contribution in [0, 0.1) is 12.3 Å². The second-order valence-electron chi connectivity index (χ2n) is 4.79. The first-order valence-electron chi connectivity index (χ1n) is 6.52. The van der Waals surface area contributed by atoms with E-state index in [0.717, 1.165) is 0 Å². The van der Waals surface area contributed by atoms with Crippen LogP contribution < -0.4 is 5.73 Å². The van der Waals surface area contributed by atoms with E-state index in [-0.39, 0.29) is 23.5 Å². The fraction of sp³-hybridized carbons (Fsp3) is 0.417. The molecule has 1 unspecified atom stereocenters. The van der Waals surface area contributed by atoms with Crippen LogP contribution in [0.15, 0.2) is 16.4 Å². The van der Waals surface area contributed by atoms with Crippen molar-refractivity contribution < 1.29 is 14.7 Å². The van der Waals surface area contributed by atoms with Crippen LogP contribution >= 0.6 is 23.5 Å². The summed E-state index contributed by atoms with van der Waals surface area (Å²) in [5, 5.41) is 21.2. The van der Waals surface area contributed by atoms with Gasteiger partial charge < -0.3 is 10.8 Å². The van der Waals surface area contributed by atoms with E-state index < -0.39 is 12.0 Å². The lowest BCUT2D eigenvalue weighted by molar-refractivity contribution is -0.147. The molecule has 3 N–H and O–H groups in total. The summed E-state index contributed by atoms with van der Waals surface area (Å²) in [7, 11) is 0. The Kier molecular flexibility index (Phi) is 4.29. The second kappa shape index (κ2) is 6.23. The van der Waals surface area contributed by atoms with Crippen LogP contribution in [-0.2, 0) is 16.1 Å². The minimum Gasteiger partial charge on any atom is -0.477 e. The predicted molar refractivity (Wildman–Crippen MR) is 83.1 cm³/mol. The molecule has 1 aromatic rings. The summed E-state index contributed by atoms with van der Waals surface area (Å²) < 4.78 is 0. The SMILES string of the molecule is C#CCn1nnc(SCC2=C(C(=O)O)N3C(=O)C(N)[C@H]3SC2)n1. The van der Waals surface area contributed by atoms with Crippen molar-refractivity contribution in [1.29, 1.82) is 0 Å². The fourth-order valence-electron chi connectivity index (χ4n) is 2.28. The molecular formula is C12H12N6O3S2. The van der Waals surface area contributed by atoms with Gasteiger partial charge in [0.15, 0.2) is 0 Å². The van der Waals surface area contributed by atoms with Crippen molar-refractivity contribution >= 4 is 35.4 Å². The van der Waals surface area contributed by atoms with E-state index in [1.54, 1.807) is 0 Å². The molecule has 1 saturated heterocycles. The van der Waals surface area contributed by atoms with Crippen LogP contribution in [0.2, 0.25) is 0 Å². The molecule has 0 aliphatic carbocycles. The van der Waals surface area contributed by atoms with Crippen molar-refractivity contribution in [2.75, 3.05) is 11.5 Å². The molecule has 1 fully saturated rings. The number of terminal acetylenes is 1. The number of β-lactam (4-membered cyclic amide) rings is 1. The zero-order valence-electron chi connectivity index (χ0n) is 11.7. The maximum absolute atomic E-state index is 11.8. The van der Waals surface area contributed by atoms with Gasteiger partial charge in [-0.05, 0) is 10.8 Å². The monoisotopic (exact) mass is 352 g/mol. The predicted octanol–water partition coefficient (Wildman–Crippen LogP) is -1.02.